The third-order valence-corrected chi connectivity index (χ3v) is 3.29. The Hall–Kier alpha value is -1.22. The van der Waals surface area contributed by atoms with Crippen molar-refractivity contribution in [1.29, 1.82) is 0 Å². The van der Waals surface area contributed by atoms with E-state index >= 15 is 0 Å². The Morgan fingerprint density at radius 2 is 2.11 bits per heavy atom. The number of amides is 1. The van der Waals surface area contributed by atoms with Crippen LogP contribution >= 0.6 is 11.6 Å². The highest BCUT2D eigenvalue weighted by atomic mass is 35.5. The molecule has 1 aromatic carbocycles. The summed E-state index contributed by atoms with van der Waals surface area (Å²) in [6, 6.07) is 5.88. The monoisotopic (exact) mass is 282 g/mol. The smallest absolute Gasteiger partial charge is 0.224 e. The molecule has 4 heteroatoms. The highest BCUT2D eigenvalue weighted by molar-refractivity contribution is 6.33. The van der Waals surface area contributed by atoms with Gasteiger partial charge in [0.15, 0.2) is 0 Å². The van der Waals surface area contributed by atoms with E-state index in [0.717, 1.165) is 17.8 Å². The van der Waals surface area contributed by atoms with E-state index in [1.54, 1.807) is 0 Å². The fourth-order valence-corrected chi connectivity index (χ4v) is 1.98. The van der Waals surface area contributed by atoms with Gasteiger partial charge in [-0.3, -0.25) is 4.79 Å². The van der Waals surface area contributed by atoms with Crippen LogP contribution in [0.1, 0.15) is 46.5 Å². The molecular weight excluding hydrogens is 260 g/mol. The second kappa shape index (κ2) is 8.05. The standard InChI is InChI=1S/C15H23ClN2O/c1-4-6-7-11(3)17-14-10-12(8-9-13(14)16)18-15(19)5-2/h8-11,17H,4-7H2,1-3H3,(H,18,19). The molecule has 0 aromatic heterocycles. The Bertz CT molecular complexity index is 421. The van der Waals surface area contributed by atoms with E-state index in [1.165, 1.54) is 12.8 Å². The molecule has 0 saturated carbocycles. The van der Waals surface area contributed by atoms with Crippen LogP contribution in [0.25, 0.3) is 0 Å². The van der Waals surface area contributed by atoms with Crippen LogP contribution in [0.15, 0.2) is 18.2 Å². The fraction of sp³-hybridized carbons (Fsp3) is 0.533. The van der Waals surface area contributed by atoms with Gasteiger partial charge >= 0.3 is 0 Å². The molecule has 3 nitrogen and oxygen atoms in total. The van der Waals surface area contributed by atoms with Gasteiger partial charge < -0.3 is 10.6 Å². The van der Waals surface area contributed by atoms with E-state index in [1.807, 2.05) is 25.1 Å². The highest BCUT2D eigenvalue weighted by Gasteiger charge is 2.07. The minimum absolute atomic E-state index is 0.00676. The van der Waals surface area contributed by atoms with Crippen molar-refractivity contribution < 1.29 is 4.79 Å². The second-order valence-corrected chi connectivity index (χ2v) is 5.19. The summed E-state index contributed by atoms with van der Waals surface area (Å²) in [6.07, 6.45) is 3.96. The Morgan fingerprint density at radius 3 is 2.74 bits per heavy atom. The normalized spacial score (nSPS) is 12.0. The molecule has 0 aliphatic carbocycles. The topological polar surface area (TPSA) is 41.1 Å². The third-order valence-electron chi connectivity index (χ3n) is 2.96. The average Bonchev–Trinajstić information content (AvgIpc) is 2.40. The Balaban J connectivity index is 2.71. The lowest BCUT2D eigenvalue weighted by molar-refractivity contribution is -0.115. The highest BCUT2D eigenvalue weighted by Crippen LogP contribution is 2.26. The van der Waals surface area contributed by atoms with Gasteiger partial charge in [0.25, 0.3) is 0 Å². The summed E-state index contributed by atoms with van der Waals surface area (Å²) in [6.45, 7) is 6.15. The zero-order chi connectivity index (χ0) is 14.3. The Kier molecular flexibility index (Phi) is 6.71. The minimum atomic E-state index is 0.00676. The van der Waals surface area contributed by atoms with Crippen molar-refractivity contribution in [3.8, 4) is 0 Å². The molecule has 1 rings (SSSR count). The molecule has 0 saturated heterocycles. The number of carbonyl (C=O) groups is 1. The number of unbranched alkanes of at least 4 members (excludes halogenated alkanes) is 1. The van der Waals surface area contributed by atoms with Gasteiger partial charge in [-0.25, -0.2) is 0 Å². The third kappa shape index (κ3) is 5.52. The van der Waals surface area contributed by atoms with Gasteiger partial charge in [-0.05, 0) is 31.5 Å². The van der Waals surface area contributed by atoms with E-state index in [0.29, 0.717) is 17.5 Å². The predicted molar refractivity (Wildman–Crippen MR) is 83.0 cm³/mol. The molecule has 1 unspecified atom stereocenters. The zero-order valence-electron chi connectivity index (χ0n) is 11.9. The Morgan fingerprint density at radius 1 is 1.37 bits per heavy atom. The second-order valence-electron chi connectivity index (χ2n) is 4.78. The van der Waals surface area contributed by atoms with Crippen molar-refractivity contribution in [2.75, 3.05) is 10.6 Å². The van der Waals surface area contributed by atoms with Crippen LogP contribution in [0, 0.1) is 0 Å². The van der Waals surface area contributed by atoms with E-state index in [9.17, 15) is 4.79 Å². The summed E-state index contributed by atoms with van der Waals surface area (Å²) < 4.78 is 0. The first kappa shape index (κ1) is 15.8. The van der Waals surface area contributed by atoms with Gasteiger partial charge in [0.05, 0.1) is 10.7 Å². The van der Waals surface area contributed by atoms with Crippen LogP contribution in [-0.2, 0) is 4.79 Å². The van der Waals surface area contributed by atoms with Gasteiger partial charge in [-0.1, -0.05) is 38.3 Å². The summed E-state index contributed by atoms with van der Waals surface area (Å²) >= 11 is 6.17. The van der Waals surface area contributed by atoms with E-state index in [-0.39, 0.29) is 5.91 Å². The SMILES string of the molecule is CCCCC(C)Nc1cc(NC(=O)CC)ccc1Cl. The summed E-state index contributed by atoms with van der Waals surface area (Å²) in [7, 11) is 0. The minimum Gasteiger partial charge on any atom is -0.381 e. The zero-order valence-corrected chi connectivity index (χ0v) is 12.7. The molecule has 0 aliphatic heterocycles. The predicted octanol–water partition coefficient (Wildman–Crippen LogP) is 4.68. The quantitative estimate of drug-likeness (QED) is 0.762. The number of benzene rings is 1. The number of carbonyl (C=O) groups excluding carboxylic acids is 1. The van der Waals surface area contributed by atoms with Gasteiger partial charge in [0, 0.05) is 18.2 Å². The number of nitrogens with one attached hydrogen (secondary N) is 2. The number of halogens is 1. The first-order valence-corrected chi connectivity index (χ1v) is 7.30. The van der Waals surface area contributed by atoms with Gasteiger partial charge in [0.1, 0.15) is 0 Å². The van der Waals surface area contributed by atoms with Crippen LogP contribution in [0.2, 0.25) is 5.02 Å². The van der Waals surface area contributed by atoms with Gasteiger partial charge in [-0.15, -0.1) is 0 Å². The molecule has 1 aromatic rings. The molecule has 2 N–H and O–H groups in total. The van der Waals surface area contributed by atoms with Crippen molar-refractivity contribution in [2.45, 2.75) is 52.5 Å². The lowest BCUT2D eigenvalue weighted by Gasteiger charge is -2.17. The molecule has 0 heterocycles. The van der Waals surface area contributed by atoms with E-state index < -0.39 is 0 Å². The molecular formula is C15H23ClN2O. The summed E-state index contributed by atoms with van der Waals surface area (Å²) in [5.41, 5.74) is 1.65. The van der Waals surface area contributed by atoms with Crippen molar-refractivity contribution in [1.82, 2.24) is 0 Å². The van der Waals surface area contributed by atoms with Crippen molar-refractivity contribution >= 4 is 28.9 Å². The maximum absolute atomic E-state index is 11.4. The lowest BCUT2D eigenvalue weighted by Crippen LogP contribution is -2.15. The molecule has 0 bridgehead atoms. The number of hydrogen-bond donors (Lipinski definition) is 2. The molecule has 106 valence electrons. The first-order valence-electron chi connectivity index (χ1n) is 6.92. The van der Waals surface area contributed by atoms with Crippen molar-refractivity contribution in [3.05, 3.63) is 23.2 Å². The molecule has 0 spiro atoms. The molecule has 1 amide bonds. The Labute approximate surface area is 120 Å². The first-order chi connectivity index (χ1) is 9.06. The van der Waals surface area contributed by atoms with Crippen molar-refractivity contribution in [2.24, 2.45) is 0 Å². The average molecular weight is 283 g/mol. The van der Waals surface area contributed by atoms with Crippen LogP contribution in [0.3, 0.4) is 0 Å². The fourth-order valence-electron chi connectivity index (χ4n) is 1.81. The maximum Gasteiger partial charge on any atom is 0.224 e. The van der Waals surface area contributed by atoms with E-state index in [4.69, 9.17) is 11.6 Å². The number of anilines is 2. The van der Waals surface area contributed by atoms with Gasteiger partial charge in [-0.2, -0.15) is 0 Å². The van der Waals surface area contributed by atoms with Crippen LogP contribution in [0.4, 0.5) is 11.4 Å². The lowest BCUT2D eigenvalue weighted by atomic mass is 10.1. The molecule has 0 radical (unpaired) electrons. The van der Waals surface area contributed by atoms with Crippen LogP contribution in [-0.4, -0.2) is 11.9 Å². The maximum atomic E-state index is 11.4. The van der Waals surface area contributed by atoms with Gasteiger partial charge in [0.2, 0.25) is 5.91 Å². The van der Waals surface area contributed by atoms with Crippen LogP contribution in [0.5, 0.6) is 0 Å². The molecule has 1 atom stereocenters. The molecule has 0 fully saturated rings. The summed E-state index contributed by atoms with van der Waals surface area (Å²) in [5.74, 6) is 0.00676. The van der Waals surface area contributed by atoms with E-state index in [2.05, 4.69) is 24.5 Å². The largest absolute Gasteiger partial charge is 0.381 e. The van der Waals surface area contributed by atoms with Crippen molar-refractivity contribution in [3.63, 3.8) is 0 Å². The molecule has 19 heavy (non-hydrogen) atoms. The molecule has 0 aliphatic rings. The number of hydrogen-bond acceptors (Lipinski definition) is 2. The summed E-state index contributed by atoms with van der Waals surface area (Å²) in [5, 5.41) is 6.91. The van der Waals surface area contributed by atoms with Crippen LogP contribution < -0.4 is 10.6 Å². The summed E-state index contributed by atoms with van der Waals surface area (Å²) in [4.78, 5) is 11.4. The number of rotatable bonds is 7.